The Bertz CT molecular complexity index is 315. The van der Waals surface area contributed by atoms with Crippen molar-refractivity contribution in [1.29, 1.82) is 0 Å². The topological polar surface area (TPSA) is 29.5 Å². The third-order valence-corrected chi connectivity index (χ3v) is 2.55. The van der Waals surface area contributed by atoms with Gasteiger partial charge >= 0.3 is 0 Å². The minimum atomic E-state index is -0.644. The molecule has 0 bridgehead atoms. The van der Waals surface area contributed by atoms with E-state index in [4.69, 9.17) is 4.74 Å². The highest BCUT2D eigenvalue weighted by Crippen LogP contribution is 2.25. The number of hydrogen-bond acceptors (Lipinski definition) is 3. The molecule has 0 spiro atoms. The van der Waals surface area contributed by atoms with Crippen molar-refractivity contribution in [2.45, 2.75) is 13.0 Å². The van der Waals surface area contributed by atoms with Gasteiger partial charge < -0.3 is 9.84 Å². The summed E-state index contributed by atoms with van der Waals surface area (Å²) in [6, 6.07) is 4.18. The van der Waals surface area contributed by atoms with Crippen LogP contribution in [0.25, 0.3) is 0 Å². The van der Waals surface area contributed by atoms with E-state index in [1.165, 1.54) is 12.1 Å². The highest BCUT2D eigenvalue weighted by Gasteiger charge is 2.09. The fourth-order valence-corrected chi connectivity index (χ4v) is 1.46. The zero-order chi connectivity index (χ0) is 11.3. The lowest BCUT2D eigenvalue weighted by molar-refractivity contribution is 0.192. The maximum Gasteiger partial charge on any atom is 0.128 e. The summed E-state index contributed by atoms with van der Waals surface area (Å²) in [4.78, 5) is 0. The normalized spacial score (nSPS) is 12.5. The molecule has 1 atom stereocenters. The van der Waals surface area contributed by atoms with Gasteiger partial charge in [-0.25, -0.2) is 4.39 Å². The first-order chi connectivity index (χ1) is 7.15. The summed E-state index contributed by atoms with van der Waals surface area (Å²) in [6.07, 6.45) is 1.33. The van der Waals surface area contributed by atoms with E-state index in [1.54, 1.807) is 24.8 Å². The standard InChI is InChI=1S/C11H15FO2S/c1-8(13)10-4-3-9(12)7-11(10)14-5-6-15-2/h3-4,7-8,13H,5-6H2,1-2H3/t8-/m1/s1. The molecule has 15 heavy (non-hydrogen) atoms. The van der Waals surface area contributed by atoms with Crippen LogP contribution in [0, 0.1) is 5.82 Å². The largest absolute Gasteiger partial charge is 0.492 e. The van der Waals surface area contributed by atoms with Crippen LogP contribution in [0.15, 0.2) is 18.2 Å². The molecule has 2 nitrogen and oxygen atoms in total. The van der Waals surface area contributed by atoms with Crippen LogP contribution in [0.4, 0.5) is 4.39 Å². The Kier molecular flexibility index (Phi) is 4.91. The number of ether oxygens (including phenoxy) is 1. The Morgan fingerprint density at radius 3 is 2.87 bits per heavy atom. The van der Waals surface area contributed by atoms with Gasteiger partial charge in [0.25, 0.3) is 0 Å². The zero-order valence-corrected chi connectivity index (χ0v) is 9.68. The molecule has 1 rings (SSSR count). The Labute approximate surface area is 93.5 Å². The molecule has 0 radical (unpaired) electrons. The lowest BCUT2D eigenvalue weighted by Gasteiger charge is -2.13. The van der Waals surface area contributed by atoms with E-state index in [0.29, 0.717) is 17.9 Å². The molecule has 0 aliphatic heterocycles. The van der Waals surface area contributed by atoms with E-state index in [1.807, 2.05) is 6.26 Å². The fraction of sp³-hybridized carbons (Fsp3) is 0.455. The third kappa shape index (κ3) is 3.72. The van der Waals surface area contributed by atoms with E-state index in [-0.39, 0.29) is 5.82 Å². The summed E-state index contributed by atoms with van der Waals surface area (Å²) < 4.78 is 18.4. The zero-order valence-electron chi connectivity index (χ0n) is 8.87. The van der Waals surface area contributed by atoms with E-state index >= 15 is 0 Å². The quantitative estimate of drug-likeness (QED) is 0.788. The van der Waals surface area contributed by atoms with Crippen molar-refractivity contribution < 1.29 is 14.2 Å². The van der Waals surface area contributed by atoms with Crippen LogP contribution in [0.3, 0.4) is 0 Å². The summed E-state index contributed by atoms with van der Waals surface area (Å²) in [7, 11) is 0. The van der Waals surface area contributed by atoms with E-state index in [2.05, 4.69) is 0 Å². The number of benzene rings is 1. The van der Waals surface area contributed by atoms with Crippen LogP contribution in [0.1, 0.15) is 18.6 Å². The summed E-state index contributed by atoms with van der Waals surface area (Å²) >= 11 is 1.66. The van der Waals surface area contributed by atoms with E-state index in [0.717, 1.165) is 5.75 Å². The maximum absolute atomic E-state index is 13.0. The Balaban J connectivity index is 2.77. The number of aliphatic hydroxyl groups excluding tert-OH is 1. The molecule has 0 aromatic heterocycles. The minimum Gasteiger partial charge on any atom is -0.492 e. The second kappa shape index (κ2) is 5.98. The first-order valence-electron chi connectivity index (χ1n) is 4.74. The van der Waals surface area contributed by atoms with Gasteiger partial charge in [0.2, 0.25) is 0 Å². The van der Waals surface area contributed by atoms with Crippen LogP contribution >= 0.6 is 11.8 Å². The lowest BCUT2D eigenvalue weighted by atomic mass is 10.1. The maximum atomic E-state index is 13.0. The van der Waals surface area contributed by atoms with Gasteiger partial charge in [0.1, 0.15) is 11.6 Å². The second-order valence-electron chi connectivity index (χ2n) is 3.20. The number of rotatable bonds is 5. The first-order valence-corrected chi connectivity index (χ1v) is 6.13. The van der Waals surface area contributed by atoms with Gasteiger partial charge in [-0.1, -0.05) is 0 Å². The number of aliphatic hydroxyl groups is 1. The van der Waals surface area contributed by atoms with Gasteiger partial charge in [-0.3, -0.25) is 0 Å². The van der Waals surface area contributed by atoms with Crippen molar-refractivity contribution in [3.63, 3.8) is 0 Å². The van der Waals surface area contributed by atoms with Crippen LogP contribution in [0.2, 0.25) is 0 Å². The highest BCUT2D eigenvalue weighted by atomic mass is 32.2. The number of hydrogen-bond donors (Lipinski definition) is 1. The molecule has 0 fully saturated rings. The molecule has 0 saturated carbocycles. The molecule has 84 valence electrons. The molecule has 0 aliphatic carbocycles. The van der Waals surface area contributed by atoms with Crippen molar-refractivity contribution in [2.75, 3.05) is 18.6 Å². The Morgan fingerprint density at radius 2 is 2.27 bits per heavy atom. The van der Waals surface area contributed by atoms with Gasteiger partial charge in [-0.2, -0.15) is 11.8 Å². The van der Waals surface area contributed by atoms with Gasteiger partial charge in [0.15, 0.2) is 0 Å². The SMILES string of the molecule is CSCCOc1cc(F)ccc1[C@@H](C)O. The average molecular weight is 230 g/mol. The van der Waals surface area contributed by atoms with Crippen molar-refractivity contribution in [1.82, 2.24) is 0 Å². The molecule has 1 aromatic carbocycles. The summed E-state index contributed by atoms with van der Waals surface area (Å²) in [5.41, 5.74) is 0.623. The average Bonchev–Trinajstić information content (AvgIpc) is 2.18. The molecule has 1 aromatic rings. The van der Waals surface area contributed by atoms with Gasteiger partial charge in [-0.05, 0) is 25.3 Å². The molecule has 1 N–H and O–H groups in total. The fourth-order valence-electron chi connectivity index (χ4n) is 1.21. The minimum absolute atomic E-state index is 0.349. The lowest BCUT2D eigenvalue weighted by Crippen LogP contribution is -2.04. The monoisotopic (exact) mass is 230 g/mol. The van der Waals surface area contributed by atoms with Gasteiger partial charge in [0.05, 0.1) is 12.7 Å². The number of thioether (sulfide) groups is 1. The first kappa shape index (κ1) is 12.3. The smallest absolute Gasteiger partial charge is 0.128 e. The van der Waals surface area contributed by atoms with Crippen molar-refractivity contribution in [3.8, 4) is 5.75 Å². The van der Waals surface area contributed by atoms with Crippen LogP contribution in [-0.4, -0.2) is 23.7 Å². The van der Waals surface area contributed by atoms with Gasteiger partial charge in [0, 0.05) is 17.4 Å². The van der Waals surface area contributed by atoms with Crippen LogP contribution in [-0.2, 0) is 0 Å². The Hall–Kier alpha value is -0.740. The summed E-state index contributed by atoms with van der Waals surface area (Å²) in [5.74, 6) is 0.924. The molecule has 0 amide bonds. The molecular weight excluding hydrogens is 215 g/mol. The van der Waals surface area contributed by atoms with E-state index < -0.39 is 6.10 Å². The summed E-state index contributed by atoms with van der Waals surface area (Å²) in [6.45, 7) is 2.15. The summed E-state index contributed by atoms with van der Waals surface area (Å²) in [5, 5.41) is 9.44. The predicted octanol–water partition coefficient (Wildman–Crippen LogP) is 2.62. The molecule has 0 heterocycles. The van der Waals surface area contributed by atoms with Crippen molar-refractivity contribution in [2.24, 2.45) is 0 Å². The molecule has 0 unspecified atom stereocenters. The molecule has 0 saturated heterocycles. The van der Waals surface area contributed by atoms with E-state index in [9.17, 15) is 9.50 Å². The second-order valence-corrected chi connectivity index (χ2v) is 4.18. The third-order valence-electron chi connectivity index (χ3n) is 1.97. The van der Waals surface area contributed by atoms with Crippen molar-refractivity contribution in [3.05, 3.63) is 29.6 Å². The molecule has 4 heteroatoms. The van der Waals surface area contributed by atoms with Gasteiger partial charge in [-0.15, -0.1) is 0 Å². The van der Waals surface area contributed by atoms with Crippen LogP contribution in [0.5, 0.6) is 5.75 Å². The van der Waals surface area contributed by atoms with Crippen molar-refractivity contribution >= 4 is 11.8 Å². The molecular formula is C11H15FO2S. The Morgan fingerprint density at radius 1 is 1.53 bits per heavy atom. The van der Waals surface area contributed by atoms with Crippen LogP contribution < -0.4 is 4.74 Å². The number of halogens is 1. The highest BCUT2D eigenvalue weighted by molar-refractivity contribution is 7.98. The molecule has 0 aliphatic rings. The predicted molar refractivity (Wildman–Crippen MR) is 60.9 cm³/mol.